The lowest BCUT2D eigenvalue weighted by Gasteiger charge is -2.37. The van der Waals surface area contributed by atoms with Crippen molar-refractivity contribution in [3.8, 4) is 11.5 Å². The van der Waals surface area contributed by atoms with Crippen LogP contribution in [0, 0.1) is 0 Å². The van der Waals surface area contributed by atoms with Gasteiger partial charge >= 0.3 is 6.18 Å². The van der Waals surface area contributed by atoms with Crippen LogP contribution in [0.3, 0.4) is 0 Å². The van der Waals surface area contributed by atoms with Crippen molar-refractivity contribution in [3.05, 3.63) is 35.5 Å². The Kier molecular flexibility index (Phi) is 5.83. The number of alkyl halides is 3. The molecular weight excluding hydrogens is 451 g/mol. The molecule has 1 amide bonds. The highest BCUT2D eigenvalue weighted by molar-refractivity contribution is 5.93. The molecule has 0 spiro atoms. The molecule has 0 aliphatic carbocycles. The second-order valence-electron chi connectivity index (χ2n) is 9.05. The summed E-state index contributed by atoms with van der Waals surface area (Å²) in [5, 5.41) is 7.28. The van der Waals surface area contributed by atoms with E-state index in [-0.39, 0.29) is 23.8 Å². The fourth-order valence-electron chi connectivity index (χ4n) is 5.30. The van der Waals surface area contributed by atoms with E-state index >= 15 is 0 Å². The number of anilines is 1. The minimum absolute atomic E-state index is 0.0381. The summed E-state index contributed by atoms with van der Waals surface area (Å²) in [6.07, 6.45) is -2.64. The van der Waals surface area contributed by atoms with Crippen molar-refractivity contribution in [2.75, 3.05) is 45.7 Å². The third kappa shape index (κ3) is 4.06. The summed E-state index contributed by atoms with van der Waals surface area (Å²) in [6.45, 7) is 2.97. The Labute approximate surface area is 195 Å². The zero-order valence-corrected chi connectivity index (χ0v) is 19.1. The first kappa shape index (κ1) is 22.8. The average Bonchev–Trinajstić information content (AvgIpc) is 3.48. The Balaban J connectivity index is 1.42. The summed E-state index contributed by atoms with van der Waals surface area (Å²) >= 11 is 0. The largest absolute Gasteiger partial charge is 0.493 e. The van der Waals surface area contributed by atoms with Gasteiger partial charge in [0.25, 0.3) is 5.91 Å². The number of amides is 1. The number of aromatic nitrogens is 2. The number of carbonyl (C=O) groups is 1. The fraction of sp³-hybridized carbons (Fsp3) is 0.565. The minimum Gasteiger partial charge on any atom is -0.493 e. The van der Waals surface area contributed by atoms with Crippen molar-refractivity contribution in [3.63, 3.8) is 0 Å². The van der Waals surface area contributed by atoms with Gasteiger partial charge < -0.3 is 19.7 Å². The molecule has 34 heavy (non-hydrogen) atoms. The summed E-state index contributed by atoms with van der Waals surface area (Å²) in [6, 6.07) is 4.33. The van der Waals surface area contributed by atoms with Crippen molar-refractivity contribution < 1.29 is 27.4 Å². The van der Waals surface area contributed by atoms with Gasteiger partial charge in [-0.2, -0.15) is 18.3 Å². The van der Waals surface area contributed by atoms with Crippen LogP contribution in [0.2, 0.25) is 0 Å². The molecule has 2 saturated heterocycles. The van der Waals surface area contributed by atoms with Crippen molar-refractivity contribution in [2.24, 2.45) is 0 Å². The monoisotopic (exact) mass is 479 g/mol. The molecule has 3 atom stereocenters. The van der Waals surface area contributed by atoms with Gasteiger partial charge in [0.1, 0.15) is 5.82 Å². The molecule has 3 aliphatic rings. The summed E-state index contributed by atoms with van der Waals surface area (Å²) in [5.41, 5.74) is 0.667. The highest BCUT2D eigenvalue weighted by Gasteiger charge is 2.47. The van der Waals surface area contributed by atoms with Crippen LogP contribution in [0.15, 0.2) is 24.3 Å². The molecule has 0 saturated carbocycles. The average molecular weight is 480 g/mol. The fourth-order valence-corrected chi connectivity index (χ4v) is 5.30. The third-order valence-corrected chi connectivity index (χ3v) is 7.09. The molecule has 0 unspecified atom stereocenters. The van der Waals surface area contributed by atoms with Gasteiger partial charge in [0, 0.05) is 38.2 Å². The molecule has 1 aromatic heterocycles. The van der Waals surface area contributed by atoms with Crippen LogP contribution in [-0.4, -0.2) is 78.1 Å². The number of hydrogen-bond donors (Lipinski definition) is 1. The normalized spacial score (nSPS) is 24.9. The van der Waals surface area contributed by atoms with Crippen LogP contribution in [0.4, 0.5) is 19.0 Å². The number of methoxy groups -OCH3 is 2. The van der Waals surface area contributed by atoms with E-state index in [0.29, 0.717) is 36.2 Å². The molecule has 3 aliphatic heterocycles. The standard InChI is InChI=1S/C23H28F3N5O3/c1-33-18-6-5-14(10-19(18)34-2)16-11-20(23(24,25)26)31-21(27-16)12-17(28-31)22(32)30-9-8-29-7-3-4-15(29)13-30/h5-6,10,12,15-16,20,27H,3-4,7-9,11,13H2,1-2H3/t15-,16-,20-/m0/s1. The van der Waals surface area contributed by atoms with Gasteiger partial charge in [-0.15, -0.1) is 0 Å². The minimum atomic E-state index is -4.52. The van der Waals surface area contributed by atoms with E-state index in [1.54, 1.807) is 23.1 Å². The maximum atomic E-state index is 14.1. The van der Waals surface area contributed by atoms with Gasteiger partial charge in [-0.25, -0.2) is 4.68 Å². The highest BCUT2D eigenvalue weighted by atomic mass is 19.4. The Hall–Kier alpha value is -2.95. The molecule has 8 nitrogen and oxygen atoms in total. The summed E-state index contributed by atoms with van der Waals surface area (Å²) in [5.74, 6) is 0.788. The van der Waals surface area contributed by atoms with Gasteiger partial charge in [-0.1, -0.05) is 6.07 Å². The van der Waals surface area contributed by atoms with Gasteiger partial charge in [0.05, 0.1) is 20.3 Å². The lowest BCUT2D eigenvalue weighted by atomic mass is 9.96. The van der Waals surface area contributed by atoms with Gasteiger partial charge in [0.15, 0.2) is 23.2 Å². The summed E-state index contributed by atoms with van der Waals surface area (Å²) in [4.78, 5) is 17.2. The van der Waals surface area contributed by atoms with Crippen molar-refractivity contribution >= 4 is 11.7 Å². The van der Waals surface area contributed by atoms with Crippen LogP contribution in [0.25, 0.3) is 0 Å². The number of fused-ring (bicyclic) bond motifs is 2. The van der Waals surface area contributed by atoms with E-state index in [2.05, 4.69) is 15.3 Å². The lowest BCUT2D eigenvalue weighted by Crippen LogP contribution is -2.52. The quantitative estimate of drug-likeness (QED) is 0.724. The number of benzene rings is 1. The molecule has 4 heterocycles. The summed E-state index contributed by atoms with van der Waals surface area (Å²) in [7, 11) is 2.98. The van der Waals surface area contributed by atoms with E-state index in [0.717, 1.165) is 30.6 Å². The number of piperazine rings is 1. The molecule has 1 aromatic carbocycles. The number of rotatable bonds is 4. The SMILES string of the molecule is COc1ccc([C@@H]2C[C@@H](C(F)(F)F)n3nc(C(=O)N4CCN5CCC[C@H]5C4)cc3N2)cc1OC. The first-order valence-corrected chi connectivity index (χ1v) is 11.5. The maximum absolute atomic E-state index is 14.1. The first-order chi connectivity index (χ1) is 16.3. The Morgan fingerprint density at radius 3 is 2.65 bits per heavy atom. The predicted molar refractivity (Wildman–Crippen MR) is 118 cm³/mol. The third-order valence-electron chi connectivity index (χ3n) is 7.09. The zero-order chi connectivity index (χ0) is 24.0. The number of ether oxygens (including phenoxy) is 2. The molecule has 1 N–H and O–H groups in total. The van der Waals surface area contributed by atoms with Gasteiger partial charge in [0.2, 0.25) is 0 Å². The van der Waals surface area contributed by atoms with Crippen LogP contribution >= 0.6 is 0 Å². The Morgan fingerprint density at radius 1 is 1.12 bits per heavy atom. The number of nitrogens with zero attached hydrogens (tertiary/aromatic N) is 4. The topological polar surface area (TPSA) is 71.9 Å². The maximum Gasteiger partial charge on any atom is 0.410 e. The zero-order valence-electron chi connectivity index (χ0n) is 19.1. The van der Waals surface area contributed by atoms with Gasteiger partial charge in [-0.05, 0) is 37.1 Å². The molecule has 11 heteroatoms. The second-order valence-corrected chi connectivity index (χ2v) is 9.05. The first-order valence-electron chi connectivity index (χ1n) is 11.5. The Bertz CT molecular complexity index is 1070. The number of nitrogens with one attached hydrogen (secondary N) is 1. The molecule has 0 radical (unpaired) electrons. The van der Waals surface area contributed by atoms with E-state index < -0.39 is 18.3 Å². The van der Waals surface area contributed by atoms with Crippen molar-refractivity contribution in [2.45, 2.75) is 43.6 Å². The lowest BCUT2D eigenvalue weighted by molar-refractivity contribution is -0.173. The molecular formula is C23H28F3N5O3. The van der Waals surface area contributed by atoms with Gasteiger partial charge in [-0.3, -0.25) is 9.69 Å². The molecule has 5 rings (SSSR count). The Morgan fingerprint density at radius 2 is 1.91 bits per heavy atom. The van der Waals surface area contributed by atoms with E-state index in [9.17, 15) is 18.0 Å². The predicted octanol–water partition coefficient (Wildman–Crippen LogP) is 3.48. The molecule has 2 aromatic rings. The number of halogens is 3. The van der Waals surface area contributed by atoms with Crippen LogP contribution in [0.1, 0.15) is 47.4 Å². The number of carbonyl (C=O) groups excluding carboxylic acids is 1. The van der Waals surface area contributed by atoms with E-state index in [4.69, 9.17) is 9.47 Å². The van der Waals surface area contributed by atoms with Crippen LogP contribution < -0.4 is 14.8 Å². The van der Waals surface area contributed by atoms with Crippen LogP contribution in [-0.2, 0) is 0 Å². The summed E-state index contributed by atoms with van der Waals surface area (Å²) < 4.78 is 53.6. The van der Waals surface area contributed by atoms with Crippen molar-refractivity contribution in [1.29, 1.82) is 0 Å². The van der Waals surface area contributed by atoms with Crippen LogP contribution in [0.5, 0.6) is 11.5 Å². The smallest absolute Gasteiger partial charge is 0.410 e. The van der Waals surface area contributed by atoms with E-state index in [1.165, 1.54) is 20.3 Å². The highest BCUT2D eigenvalue weighted by Crippen LogP contribution is 2.44. The molecule has 2 fully saturated rings. The number of hydrogen-bond acceptors (Lipinski definition) is 6. The second kappa shape index (κ2) is 8.68. The van der Waals surface area contributed by atoms with E-state index in [1.807, 2.05) is 0 Å². The molecule has 0 bridgehead atoms. The molecule has 184 valence electrons. The van der Waals surface area contributed by atoms with Crippen molar-refractivity contribution in [1.82, 2.24) is 19.6 Å².